The second kappa shape index (κ2) is 9.78. The molecule has 7 heteroatoms. The highest BCUT2D eigenvalue weighted by Crippen LogP contribution is 2.22. The highest BCUT2D eigenvalue weighted by Gasteiger charge is 2.18. The predicted molar refractivity (Wildman–Crippen MR) is 121 cm³/mol. The fraction of sp³-hybridized carbons (Fsp3) is 0.174. The Morgan fingerprint density at radius 1 is 0.900 bits per heavy atom. The van der Waals surface area contributed by atoms with Gasteiger partial charge in [-0.05, 0) is 53.9 Å². The van der Waals surface area contributed by atoms with Crippen LogP contribution in [0.25, 0.3) is 0 Å². The zero-order valence-electron chi connectivity index (χ0n) is 16.6. The topological polar surface area (TPSA) is 66.5 Å². The lowest BCUT2D eigenvalue weighted by atomic mass is 10.1. The van der Waals surface area contributed by atoms with Gasteiger partial charge in [-0.1, -0.05) is 54.1 Å². The highest BCUT2D eigenvalue weighted by molar-refractivity contribution is 7.92. The molecule has 0 aromatic heterocycles. The normalized spacial score (nSPS) is 11.1. The fourth-order valence-corrected chi connectivity index (χ4v) is 4.02. The van der Waals surface area contributed by atoms with E-state index in [4.69, 9.17) is 11.6 Å². The number of benzene rings is 3. The Labute approximate surface area is 182 Å². The first-order valence-corrected chi connectivity index (χ1v) is 11.7. The summed E-state index contributed by atoms with van der Waals surface area (Å²) in [5, 5.41) is 3.48. The van der Waals surface area contributed by atoms with E-state index in [2.05, 4.69) is 5.32 Å². The molecule has 3 aromatic carbocycles. The Morgan fingerprint density at radius 3 is 2.13 bits per heavy atom. The van der Waals surface area contributed by atoms with Crippen molar-refractivity contribution in [1.29, 1.82) is 0 Å². The summed E-state index contributed by atoms with van der Waals surface area (Å²) in [7, 11) is -3.50. The summed E-state index contributed by atoms with van der Waals surface area (Å²) in [5.41, 5.74) is 2.94. The Morgan fingerprint density at radius 2 is 1.53 bits per heavy atom. The third kappa shape index (κ3) is 6.08. The number of hydrogen-bond acceptors (Lipinski definition) is 3. The summed E-state index contributed by atoms with van der Waals surface area (Å²) in [6, 6.07) is 23.5. The quantitative estimate of drug-likeness (QED) is 0.566. The van der Waals surface area contributed by atoms with E-state index in [1.54, 1.807) is 48.5 Å². The van der Waals surface area contributed by atoms with Crippen LogP contribution in [0, 0.1) is 0 Å². The lowest BCUT2D eigenvalue weighted by molar-refractivity contribution is 0.0954. The molecular formula is C23H23ClN2O3S. The number of amides is 1. The number of rotatable bonds is 8. The van der Waals surface area contributed by atoms with Crippen LogP contribution in [0.15, 0.2) is 78.9 Å². The molecule has 30 heavy (non-hydrogen) atoms. The number of sulfonamides is 1. The molecule has 0 heterocycles. The smallest absolute Gasteiger partial charge is 0.251 e. The molecule has 0 aliphatic carbocycles. The number of carbonyl (C=O) groups excluding carboxylic acids is 1. The van der Waals surface area contributed by atoms with Crippen molar-refractivity contribution in [2.24, 2.45) is 0 Å². The highest BCUT2D eigenvalue weighted by atomic mass is 35.5. The van der Waals surface area contributed by atoms with Gasteiger partial charge in [-0.25, -0.2) is 8.42 Å². The van der Waals surface area contributed by atoms with Crippen molar-refractivity contribution in [2.75, 3.05) is 17.1 Å². The van der Waals surface area contributed by atoms with Gasteiger partial charge in [0.2, 0.25) is 10.0 Å². The predicted octanol–water partition coefficient (Wildman–Crippen LogP) is 4.28. The van der Waals surface area contributed by atoms with E-state index in [0.29, 0.717) is 22.8 Å². The van der Waals surface area contributed by atoms with Crippen LogP contribution in [-0.4, -0.2) is 27.1 Å². The maximum Gasteiger partial charge on any atom is 0.251 e. The van der Waals surface area contributed by atoms with Gasteiger partial charge >= 0.3 is 0 Å². The van der Waals surface area contributed by atoms with E-state index in [9.17, 15) is 13.2 Å². The molecule has 3 rings (SSSR count). The van der Waals surface area contributed by atoms with E-state index in [1.165, 1.54) is 4.31 Å². The van der Waals surface area contributed by atoms with Gasteiger partial charge in [-0.3, -0.25) is 9.10 Å². The van der Waals surface area contributed by atoms with Crippen LogP contribution in [0.4, 0.5) is 5.69 Å². The second-order valence-corrected chi connectivity index (χ2v) is 9.28. The van der Waals surface area contributed by atoms with E-state index >= 15 is 0 Å². The minimum absolute atomic E-state index is 0.179. The van der Waals surface area contributed by atoms with Gasteiger partial charge in [0.25, 0.3) is 5.91 Å². The summed E-state index contributed by atoms with van der Waals surface area (Å²) in [5.74, 6) is -0.193. The molecule has 0 aliphatic heterocycles. The van der Waals surface area contributed by atoms with Crippen LogP contribution < -0.4 is 9.62 Å². The van der Waals surface area contributed by atoms with Gasteiger partial charge in [-0.2, -0.15) is 0 Å². The maximum absolute atomic E-state index is 12.4. The standard InChI is InChI=1S/C23H23ClN2O3S/c1-30(28,29)26(17-19-7-11-21(24)12-8-19)22-13-9-20(10-14-22)23(27)25-16-15-18-5-3-2-4-6-18/h2-14H,15-17H2,1H3,(H,25,27). The van der Waals surface area contributed by atoms with Crippen LogP contribution in [0.1, 0.15) is 21.5 Å². The second-order valence-electron chi connectivity index (χ2n) is 6.93. The van der Waals surface area contributed by atoms with Crippen molar-refractivity contribution in [3.05, 3.63) is 101 Å². The van der Waals surface area contributed by atoms with Crippen molar-refractivity contribution in [1.82, 2.24) is 5.32 Å². The number of nitrogens with zero attached hydrogens (tertiary/aromatic N) is 1. The van der Waals surface area contributed by atoms with Crippen molar-refractivity contribution >= 4 is 33.2 Å². The van der Waals surface area contributed by atoms with E-state index in [-0.39, 0.29) is 12.5 Å². The third-order valence-electron chi connectivity index (χ3n) is 4.60. The zero-order valence-corrected chi connectivity index (χ0v) is 18.2. The number of carbonyl (C=O) groups is 1. The average molecular weight is 443 g/mol. The van der Waals surface area contributed by atoms with Gasteiger partial charge in [-0.15, -0.1) is 0 Å². The molecule has 1 amide bonds. The van der Waals surface area contributed by atoms with Crippen LogP contribution in [0.3, 0.4) is 0 Å². The Hall–Kier alpha value is -2.83. The lowest BCUT2D eigenvalue weighted by Crippen LogP contribution is -2.29. The summed E-state index contributed by atoms with van der Waals surface area (Å²) in [6.45, 7) is 0.704. The largest absolute Gasteiger partial charge is 0.352 e. The fourth-order valence-electron chi connectivity index (χ4n) is 3.00. The Bertz CT molecular complexity index is 1080. The van der Waals surface area contributed by atoms with Crippen LogP contribution in [0.2, 0.25) is 5.02 Å². The zero-order chi connectivity index (χ0) is 21.6. The van der Waals surface area contributed by atoms with Gasteiger partial charge in [0.05, 0.1) is 18.5 Å². The third-order valence-corrected chi connectivity index (χ3v) is 5.99. The molecule has 0 saturated heterocycles. The van der Waals surface area contributed by atoms with Gasteiger partial charge < -0.3 is 5.32 Å². The number of hydrogen-bond donors (Lipinski definition) is 1. The molecule has 0 atom stereocenters. The van der Waals surface area contributed by atoms with Crippen molar-refractivity contribution in [2.45, 2.75) is 13.0 Å². The minimum atomic E-state index is -3.50. The van der Waals surface area contributed by atoms with Crippen molar-refractivity contribution < 1.29 is 13.2 Å². The molecule has 156 valence electrons. The van der Waals surface area contributed by atoms with E-state index in [0.717, 1.165) is 23.8 Å². The van der Waals surface area contributed by atoms with Crippen LogP contribution in [0.5, 0.6) is 0 Å². The Balaban J connectivity index is 1.66. The summed E-state index contributed by atoms with van der Waals surface area (Å²) in [6.07, 6.45) is 1.90. The lowest BCUT2D eigenvalue weighted by Gasteiger charge is -2.23. The molecular weight excluding hydrogens is 420 g/mol. The van der Waals surface area contributed by atoms with Crippen LogP contribution >= 0.6 is 11.6 Å². The molecule has 0 unspecified atom stereocenters. The Kier molecular flexibility index (Phi) is 7.13. The van der Waals surface area contributed by atoms with Gasteiger partial charge in [0.1, 0.15) is 0 Å². The van der Waals surface area contributed by atoms with Gasteiger partial charge in [0.15, 0.2) is 0 Å². The molecule has 3 aromatic rings. The average Bonchev–Trinajstić information content (AvgIpc) is 2.73. The number of anilines is 1. The van der Waals surface area contributed by atoms with Crippen molar-refractivity contribution in [3.8, 4) is 0 Å². The first kappa shape index (κ1) is 21.9. The van der Waals surface area contributed by atoms with Crippen LogP contribution in [-0.2, 0) is 23.0 Å². The molecule has 0 fully saturated rings. The SMILES string of the molecule is CS(=O)(=O)N(Cc1ccc(Cl)cc1)c1ccc(C(=O)NCCc2ccccc2)cc1. The molecule has 0 radical (unpaired) electrons. The van der Waals surface area contributed by atoms with E-state index in [1.807, 2.05) is 30.3 Å². The minimum Gasteiger partial charge on any atom is -0.352 e. The van der Waals surface area contributed by atoms with E-state index < -0.39 is 10.0 Å². The molecule has 0 bridgehead atoms. The molecule has 5 nitrogen and oxygen atoms in total. The first-order valence-electron chi connectivity index (χ1n) is 9.47. The number of halogens is 1. The molecule has 0 spiro atoms. The molecule has 1 N–H and O–H groups in total. The van der Waals surface area contributed by atoms with Crippen molar-refractivity contribution in [3.63, 3.8) is 0 Å². The van der Waals surface area contributed by atoms with Gasteiger partial charge in [0, 0.05) is 17.1 Å². The maximum atomic E-state index is 12.4. The summed E-state index contributed by atoms with van der Waals surface area (Å²) >= 11 is 5.90. The first-order chi connectivity index (χ1) is 14.3. The number of nitrogens with one attached hydrogen (secondary N) is 1. The monoisotopic (exact) mass is 442 g/mol. The summed E-state index contributed by atoms with van der Waals surface area (Å²) in [4.78, 5) is 12.4. The molecule has 0 saturated carbocycles. The summed E-state index contributed by atoms with van der Waals surface area (Å²) < 4.78 is 25.9. The molecule has 0 aliphatic rings.